The predicted molar refractivity (Wildman–Crippen MR) is 99.5 cm³/mol. The van der Waals surface area contributed by atoms with Crippen molar-refractivity contribution in [1.82, 2.24) is 4.90 Å². The van der Waals surface area contributed by atoms with Crippen LogP contribution in [-0.4, -0.2) is 32.3 Å². The van der Waals surface area contributed by atoms with Crippen LogP contribution in [0.1, 0.15) is 35.5 Å². The molecule has 0 unspecified atom stereocenters. The van der Waals surface area contributed by atoms with Gasteiger partial charge in [-0.25, -0.2) is 8.42 Å². The van der Waals surface area contributed by atoms with E-state index in [2.05, 4.69) is 13.8 Å². The highest BCUT2D eigenvalue weighted by Crippen LogP contribution is 2.43. The van der Waals surface area contributed by atoms with Gasteiger partial charge in [0.25, 0.3) is 5.91 Å². The first-order valence-electron chi connectivity index (χ1n) is 8.59. The molecule has 0 spiro atoms. The van der Waals surface area contributed by atoms with E-state index in [4.69, 9.17) is 0 Å². The van der Waals surface area contributed by atoms with E-state index in [0.29, 0.717) is 21.6 Å². The van der Waals surface area contributed by atoms with Crippen LogP contribution in [0.2, 0.25) is 0 Å². The van der Waals surface area contributed by atoms with Crippen LogP contribution in [0.5, 0.6) is 0 Å². The smallest absolute Gasteiger partial charge is 0.263 e. The van der Waals surface area contributed by atoms with Gasteiger partial charge in [-0.2, -0.15) is 0 Å². The number of sulfone groups is 1. The van der Waals surface area contributed by atoms with Gasteiger partial charge in [-0.1, -0.05) is 32.0 Å². The van der Waals surface area contributed by atoms with Crippen molar-refractivity contribution >= 4 is 27.1 Å². The topological polar surface area (TPSA) is 54.5 Å². The van der Waals surface area contributed by atoms with Gasteiger partial charge in [0.1, 0.15) is 0 Å². The molecule has 0 radical (unpaired) electrons. The van der Waals surface area contributed by atoms with Gasteiger partial charge in [-0.15, -0.1) is 11.3 Å². The standard InChI is InChI=1S/C19H21NO3S2/c1-12-7-13(2)10-20(9-12)19(21)16-8-14-11-25(22,23)17-6-4-3-5-15(17)18(14)24-16/h3-6,8,12-13H,7,9-11H2,1-2H3/t12-,13-/m1/s1. The molecule has 6 heteroatoms. The molecule has 3 heterocycles. The largest absolute Gasteiger partial charge is 0.337 e. The first kappa shape index (κ1) is 16.8. The summed E-state index contributed by atoms with van der Waals surface area (Å²) in [5.74, 6) is 1.02. The lowest BCUT2D eigenvalue weighted by Crippen LogP contribution is -2.42. The second-order valence-electron chi connectivity index (χ2n) is 7.38. The highest BCUT2D eigenvalue weighted by atomic mass is 32.2. The second kappa shape index (κ2) is 5.95. The number of amides is 1. The maximum atomic E-state index is 13.0. The molecule has 1 aromatic carbocycles. The molecule has 2 aliphatic heterocycles. The van der Waals surface area contributed by atoms with E-state index in [1.165, 1.54) is 11.3 Å². The van der Waals surface area contributed by atoms with Gasteiger partial charge >= 0.3 is 0 Å². The molecular weight excluding hydrogens is 354 g/mol. The van der Waals surface area contributed by atoms with Gasteiger partial charge in [0.2, 0.25) is 0 Å². The minimum Gasteiger partial charge on any atom is -0.337 e. The van der Waals surface area contributed by atoms with Crippen LogP contribution < -0.4 is 0 Å². The van der Waals surface area contributed by atoms with Crippen LogP contribution in [0.25, 0.3) is 10.4 Å². The number of thiophene rings is 1. The SMILES string of the molecule is C[C@@H]1C[C@@H](C)CN(C(=O)c2cc3c(s2)-c2ccccc2S(=O)(=O)C3)C1. The van der Waals surface area contributed by atoms with Crippen molar-refractivity contribution in [3.8, 4) is 10.4 Å². The molecule has 132 valence electrons. The minimum atomic E-state index is -3.33. The van der Waals surface area contributed by atoms with Gasteiger partial charge in [-0.3, -0.25) is 4.79 Å². The van der Waals surface area contributed by atoms with Gasteiger partial charge < -0.3 is 4.90 Å². The van der Waals surface area contributed by atoms with Crippen LogP contribution in [0.4, 0.5) is 0 Å². The van der Waals surface area contributed by atoms with E-state index in [1.54, 1.807) is 18.2 Å². The summed E-state index contributed by atoms with van der Waals surface area (Å²) in [7, 11) is -3.33. The van der Waals surface area contributed by atoms with Crippen LogP contribution >= 0.6 is 11.3 Å². The number of fused-ring (bicyclic) bond motifs is 3. The van der Waals surface area contributed by atoms with Gasteiger partial charge in [0.15, 0.2) is 9.84 Å². The van der Waals surface area contributed by atoms with E-state index in [0.717, 1.165) is 35.5 Å². The third-order valence-corrected chi connectivity index (χ3v) is 7.90. The number of piperidine rings is 1. The Morgan fingerprint density at radius 3 is 2.56 bits per heavy atom. The normalized spacial score (nSPS) is 24.5. The first-order chi connectivity index (χ1) is 11.8. The summed E-state index contributed by atoms with van der Waals surface area (Å²) in [6.45, 7) is 5.91. The quantitative estimate of drug-likeness (QED) is 0.761. The Bertz CT molecular complexity index is 935. The van der Waals surface area contributed by atoms with Crippen molar-refractivity contribution < 1.29 is 13.2 Å². The number of carbonyl (C=O) groups is 1. The fourth-order valence-electron chi connectivity index (χ4n) is 4.06. The lowest BCUT2D eigenvalue weighted by Gasteiger charge is -2.34. The summed E-state index contributed by atoms with van der Waals surface area (Å²) in [6.07, 6.45) is 1.15. The monoisotopic (exact) mass is 375 g/mol. The number of nitrogens with zero attached hydrogens (tertiary/aromatic N) is 1. The van der Waals surface area contributed by atoms with Crippen molar-refractivity contribution in [2.45, 2.75) is 30.9 Å². The second-order valence-corrected chi connectivity index (χ2v) is 10.4. The highest BCUT2D eigenvalue weighted by molar-refractivity contribution is 7.91. The molecule has 0 aliphatic carbocycles. The Labute approximate surface area is 152 Å². The number of carbonyl (C=O) groups excluding carboxylic acids is 1. The fourth-order valence-corrected chi connectivity index (χ4v) is 6.99. The third-order valence-electron chi connectivity index (χ3n) is 4.99. The number of likely N-dealkylation sites (tertiary alicyclic amines) is 1. The first-order valence-corrected chi connectivity index (χ1v) is 11.1. The third kappa shape index (κ3) is 2.91. The molecule has 4 rings (SSSR count). The zero-order valence-electron chi connectivity index (χ0n) is 14.4. The molecule has 1 saturated heterocycles. The van der Waals surface area contributed by atoms with Gasteiger partial charge in [0, 0.05) is 23.5 Å². The van der Waals surface area contributed by atoms with Crippen molar-refractivity contribution in [3.63, 3.8) is 0 Å². The molecule has 1 aromatic heterocycles. The van der Waals surface area contributed by atoms with Crippen molar-refractivity contribution in [2.75, 3.05) is 13.1 Å². The Morgan fingerprint density at radius 1 is 1.16 bits per heavy atom. The molecule has 1 fully saturated rings. The predicted octanol–water partition coefficient (Wildman–Crippen LogP) is 3.82. The van der Waals surface area contributed by atoms with E-state index in [1.807, 2.05) is 17.0 Å². The van der Waals surface area contributed by atoms with Crippen molar-refractivity contribution in [1.29, 1.82) is 0 Å². The zero-order chi connectivity index (χ0) is 17.8. The highest BCUT2D eigenvalue weighted by Gasteiger charge is 2.32. The molecule has 2 aliphatic rings. The summed E-state index contributed by atoms with van der Waals surface area (Å²) < 4.78 is 25.0. The summed E-state index contributed by atoms with van der Waals surface area (Å²) in [5, 5.41) is 0. The van der Waals surface area contributed by atoms with E-state index >= 15 is 0 Å². The van der Waals surface area contributed by atoms with E-state index < -0.39 is 9.84 Å². The summed E-state index contributed by atoms with van der Waals surface area (Å²) in [5.41, 5.74) is 1.48. The number of hydrogen-bond donors (Lipinski definition) is 0. The van der Waals surface area contributed by atoms with E-state index in [9.17, 15) is 13.2 Å². The van der Waals surface area contributed by atoms with Gasteiger partial charge in [-0.05, 0) is 36.0 Å². The molecule has 4 nitrogen and oxygen atoms in total. The van der Waals surface area contributed by atoms with Crippen LogP contribution in [0.3, 0.4) is 0 Å². The number of hydrogen-bond acceptors (Lipinski definition) is 4. The molecule has 2 aromatic rings. The van der Waals surface area contributed by atoms with Crippen molar-refractivity contribution in [2.24, 2.45) is 11.8 Å². The summed E-state index contributed by atoms with van der Waals surface area (Å²) >= 11 is 1.43. The van der Waals surface area contributed by atoms with Crippen molar-refractivity contribution in [3.05, 3.63) is 40.8 Å². The average molecular weight is 376 g/mol. The molecule has 0 bridgehead atoms. The summed E-state index contributed by atoms with van der Waals surface area (Å²) in [6, 6.07) is 8.87. The average Bonchev–Trinajstić information content (AvgIpc) is 2.96. The Kier molecular flexibility index (Phi) is 4.00. The molecule has 25 heavy (non-hydrogen) atoms. The molecular formula is C19H21NO3S2. The lowest BCUT2D eigenvalue weighted by molar-refractivity contribution is 0.0628. The van der Waals surface area contributed by atoms with E-state index in [-0.39, 0.29) is 11.7 Å². The van der Waals surface area contributed by atoms with Crippen LogP contribution in [0, 0.1) is 11.8 Å². The Morgan fingerprint density at radius 2 is 1.84 bits per heavy atom. The maximum Gasteiger partial charge on any atom is 0.263 e. The number of rotatable bonds is 1. The molecule has 0 N–H and O–H groups in total. The Balaban J connectivity index is 1.72. The van der Waals surface area contributed by atoms with Gasteiger partial charge in [0.05, 0.1) is 15.5 Å². The fraction of sp³-hybridized carbons (Fsp3) is 0.421. The molecule has 0 saturated carbocycles. The zero-order valence-corrected chi connectivity index (χ0v) is 16.0. The van der Waals surface area contributed by atoms with Crippen LogP contribution in [-0.2, 0) is 15.6 Å². The van der Waals surface area contributed by atoms with Crippen LogP contribution in [0.15, 0.2) is 35.2 Å². The minimum absolute atomic E-state index is 0.0179. The Hall–Kier alpha value is -1.66. The maximum absolute atomic E-state index is 13.0. The lowest BCUT2D eigenvalue weighted by atomic mass is 9.92. The summed E-state index contributed by atoms with van der Waals surface area (Å²) in [4.78, 5) is 16.8. The molecule has 1 amide bonds. The molecule has 2 atom stereocenters. The number of benzene rings is 1.